The molecule has 1 unspecified atom stereocenters. The summed E-state index contributed by atoms with van der Waals surface area (Å²) in [5.74, 6) is -0.422. The number of likely N-dealkylation sites (tertiary alicyclic amines) is 1. The van der Waals surface area contributed by atoms with Gasteiger partial charge in [-0.2, -0.15) is 18.3 Å². The summed E-state index contributed by atoms with van der Waals surface area (Å²) in [5.41, 5.74) is -0.147. The molecule has 2 aromatic carbocycles. The van der Waals surface area contributed by atoms with E-state index in [9.17, 15) is 27.6 Å². The molecule has 3 aromatic rings. The maximum atomic E-state index is 13.6. The van der Waals surface area contributed by atoms with Gasteiger partial charge in [-0.05, 0) is 56.2 Å². The molecular weight excluding hydrogens is 545 g/mol. The van der Waals surface area contributed by atoms with Crippen LogP contribution in [0.5, 0.6) is 0 Å². The highest BCUT2D eigenvalue weighted by molar-refractivity contribution is 5.95. The number of hydrogen-bond donors (Lipinski definition) is 1. The lowest BCUT2D eigenvalue weighted by molar-refractivity contribution is -0.141. The lowest BCUT2D eigenvalue weighted by atomic mass is 9.78. The van der Waals surface area contributed by atoms with Crippen LogP contribution in [0.4, 0.5) is 13.2 Å². The first kappa shape index (κ1) is 29.5. The number of alkyl halides is 3. The first-order valence-electron chi connectivity index (χ1n) is 14.6. The highest BCUT2D eigenvalue weighted by atomic mass is 19.4. The molecule has 5 rings (SSSR count). The highest BCUT2D eigenvalue weighted by Gasteiger charge is 2.39. The molecular formula is C32H35F3N4O3. The number of hydrogen-bond acceptors (Lipinski definition) is 4. The quantitative estimate of drug-likeness (QED) is 0.325. The second-order valence-electron chi connectivity index (χ2n) is 11.2. The van der Waals surface area contributed by atoms with Crippen LogP contribution in [-0.2, 0) is 15.8 Å². The Labute approximate surface area is 243 Å². The van der Waals surface area contributed by atoms with Crippen LogP contribution in [0.25, 0.3) is 5.69 Å². The van der Waals surface area contributed by atoms with Gasteiger partial charge in [0.15, 0.2) is 5.69 Å². The molecule has 2 aliphatic rings. The molecule has 0 bridgehead atoms. The number of nitrogens with zero attached hydrogens (tertiary/aromatic N) is 3. The molecule has 7 nitrogen and oxygen atoms in total. The Morgan fingerprint density at radius 1 is 0.881 bits per heavy atom. The van der Waals surface area contributed by atoms with Gasteiger partial charge in [-0.25, -0.2) is 4.68 Å². The van der Waals surface area contributed by atoms with Crippen LogP contribution < -0.4 is 5.32 Å². The molecule has 1 aromatic heterocycles. The van der Waals surface area contributed by atoms with Crippen LogP contribution in [-0.4, -0.2) is 51.9 Å². The minimum atomic E-state index is -4.79. The van der Waals surface area contributed by atoms with E-state index in [2.05, 4.69) is 22.5 Å². The molecule has 1 N–H and O–H groups in total. The van der Waals surface area contributed by atoms with Crippen molar-refractivity contribution in [3.63, 3.8) is 0 Å². The number of para-hydroxylation sites is 1. The Bertz CT molecular complexity index is 1380. The maximum Gasteiger partial charge on any atom is 0.435 e. The molecule has 0 radical (unpaired) electrons. The highest BCUT2D eigenvalue weighted by Crippen LogP contribution is 2.35. The second-order valence-corrected chi connectivity index (χ2v) is 11.2. The number of carbonyl (C=O) groups is 3. The van der Waals surface area contributed by atoms with E-state index < -0.39 is 23.3 Å². The molecule has 2 amide bonds. The fourth-order valence-electron chi connectivity index (χ4n) is 6.10. The zero-order valence-electron chi connectivity index (χ0n) is 23.4. The van der Waals surface area contributed by atoms with Crippen LogP contribution in [0.1, 0.15) is 72.5 Å². The van der Waals surface area contributed by atoms with Gasteiger partial charge in [-0.3, -0.25) is 14.4 Å². The number of Topliss-reactive ketones (excluding diaryl/α,β-unsaturated/α-hetero) is 1. The summed E-state index contributed by atoms with van der Waals surface area (Å²) >= 11 is 0. The molecule has 2 heterocycles. The van der Waals surface area contributed by atoms with E-state index in [1.54, 1.807) is 30.3 Å². The molecule has 0 spiro atoms. The number of rotatable bonds is 9. The molecule has 222 valence electrons. The number of carbonyl (C=O) groups excluding carboxylic acids is 3. The van der Waals surface area contributed by atoms with Crippen molar-refractivity contribution in [2.45, 2.75) is 57.0 Å². The third-order valence-electron chi connectivity index (χ3n) is 8.44. The third-order valence-corrected chi connectivity index (χ3v) is 8.44. The van der Waals surface area contributed by atoms with Crippen LogP contribution >= 0.6 is 0 Å². The Morgan fingerprint density at radius 2 is 1.52 bits per heavy atom. The zero-order valence-corrected chi connectivity index (χ0v) is 23.4. The van der Waals surface area contributed by atoms with Gasteiger partial charge in [0.2, 0.25) is 5.91 Å². The number of benzene rings is 2. The molecule has 1 aliphatic heterocycles. The summed E-state index contributed by atoms with van der Waals surface area (Å²) in [6.45, 7) is 1.58. The summed E-state index contributed by atoms with van der Waals surface area (Å²) in [7, 11) is 0. The van der Waals surface area contributed by atoms with Gasteiger partial charge in [0.1, 0.15) is 5.78 Å². The Morgan fingerprint density at radius 3 is 2.19 bits per heavy atom. The van der Waals surface area contributed by atoms with Crippen molar-refractivity contribution in [1.82, 2.24) is 20.0 Å². The van der Waals surface area contributed by atoms with E-state index in [1.807, 2.05) is 23.1 Å². The first-order valence-corrected chi connectivity index (χ1v) is 14.6. The van der Waals surface area contributed by atoms with Crippen molar-refractivity contribution in [2.24, 2.45) is 11.8 Å². The van der Waals surface area contributed by atoms with E-state index in [-0.39, 0.29) is 36.5 Å². The van der Waals surface area contributed by atoms with E-state index in [0.717, 1.165) is 30.4 Å². The predicted molar refractivity (Wildman–Crippen MR) is 151 cm³/mol. The Kier molecular flexibility index (Phi) is 9.09. The van der Waals surface area contributed by atoms with Gasteiger partial charge in [0.05, 0.1) is 11.3 Å². The SMILES string of the molecule is O=C(NCCCC(=O)C1CCC(C(=O)N2CCC(c3ccccc3)C2)CC1)c1cn(-c2ccccc2)nc1C(F)(F)F. The Balaban J connectivity index is 1.05. The van der Waals surface area contributed by atoms with Crippen LogP contribution in [0, 0.1) is 11.8 Å². The third kappa shape index (κ3) is 6.91. The van der Waals surface area contributed by atoms with Crippen molar-refractivity contribution in [3.8, 4) is 5.69 Å². The van der Waals surface area contributed by atoms with Gasteiger partial charge in [0.25, 0.3) is 5.91 Å². The van der Waals surface area contributed by atoms with E-state index in [1.165, 1.54) is 5.56 Å². The minimum absolute atomic E-state index is 0.0532. The van der Waals surface area contributed by atoms with Crippen molar-refractivity contribution in [3.05, 3.63) is 83.7 Å². The van der Waals surface area contributed by atoms with E-state index >= 15 is 0 Å². The van der Waals surface area contributed by atoms with Crippen LogP contribution in [0.3, 0.4) is 0 Å². The minimum Gasteiger partial charge on any atom is -0.352 e. The molecule has 1 saturated heterocycles. The fourth-order valence-corrected chi connectivity index (χ4v) is 6.10. The van der Waals surface area contributed by atoms with E-state index in [4.69, 9.17) is 0 Å². The van der Waals surface area contributed by atoms with Gasteiger partial charge >= 0.3 is 6.18 Å². The lowest BCUT2D eigenvalue weighted by Crippen LogP contribution is -2.37. The summed E-state index contributed by atoms with van der Waals surface area (Å²) in [6, 6.07) is 18.5. The summed E-state index contributed by atoms with van der Waals surface area (Å²) in [6.07, 6.45) is 0.483. The van der Waals surface area contributed by atoms with Crippen molar-refractivity contribution in [1.29, 1.82) is 0 Å². The van der Waals surface area contributed by atoms with Crippen molar-refractivity contribution >= 4 is 17.6 Å². The molecule has 42 heavy (non-hydrogen) atoms. The normalized spacial score (nSPS) is 20.8. The van der Waals surface area contributed by atoms with Crippen LogP contribution in [0.15, 0.2) is 66.9 Å². The number of nitrogens with one attached hydrogen (secondary N) is 1. The molecule has 1 saturated carbocycles. The number of aromatic nitrogens is 2. The molecule has 1 atom stereocenters. The lowest BCUT2D eigenvalue weighted by Gasteiger charge is -2.30. The largest absolute Gasteiger partial charge is 0.435 e. The van der Waals surface area contributed by atoms with Gasteiger partial charge < -0.3 is 10.2 Å². The second kappa shape index (κ2) is 12.9. The van der Waals surface area contributed by atoms with Crippen molar-refractivity contribution < 1.29 is 27.6 Å². The fraction of sp³-hybridized carbons (Fsp3) is 0.438. The zero-order chi connectivity index (χ0) is 29.7. The molecule has 1 aliphatic carbocycles. The smallest absolute Gasteiger partial charge is 0.352 e. The maximum absolute atomic E-state index is 13.6. The average molecular weight is 581 g/mol. The van der Waals surface area contributed by atoms with E-state index in [0.29, 0.717) is 43.7 Å². The van der Waals surface area contributed by atoms with Gasteiger partial charge in [-0.1, -0.05) is 48.5 Å². The van der Waals surface area contributed by atoms with Gasteiger partial charge in [0, 0.05) is 50.0 Å². The average Bonchev–Trinajstić information content (AvgIpc) is 3.69. The first-order chi connectivity index (χ1) is 20.2. The number of halogens is 3. The molecule has 2 fully saturated rings. The Hall–Kier alpha value is -3.95. The topological polar surface area (TPSA) is 84.3 Å². The summed E-state index contributed by atoms with van der Waals surface area (Å²) < 4.78 is 41.7. The predicted octanol–water partition coefficient (Wildman–Crippen LogP) is 5.79. The van der Waals surface area contributed by atoms with Crippen molar-refractivity contribution in [2.75, 3.05) is 19.6 Å². The number of amides is 2. The summed E-state index contributed by atoms with van der Waals surface area (Å²) in [5, 5.41) is 6.11. The summed E-state index contributed by atoms with van der Waals surface area (Å²) in [4.78, 5) is 40.6. The standard InChI is InChI=1S/C32H35F3N4O3/c33-32(34,35)29-27(21-39(37-29)26-10-5-2-6-11-26)30(41)36-18-7-12-28(40)23-13-15-24(16-14-23)31(42)38-19-17-25(20-38)22-8-3-1-4-9-22/h1-6,8-11,21,23-25H,7,12-20H2,(H,36,41). The van der Waals surface area contributed by atoms with Crippen LogP contribution in [0.2, 0.25) is 0 Å². The monoisotopic (exact) mass is 580 g/mol. The number of ketones is 1. The van der Waals surface area contributed by atoms with Gasteiger partial charge in [-0.15, -0.1) is 0 Å². The molecule has 10 heteroatoms.